The molecule has 1 aromatic carbocycles. The van der Waals surface area contributed by atoms with Crippen molar-refractivity contribution >= 4 is 23.7 Å². The lowest BCUT2D eigenvalue weighted by molar-refractivity contribution is 0.597. The number of halogens is 1. The summed E-state index contributed by atoms with van der Waals surface area (Å²) < 4.78 is 35.2. The van der Waals surface area contributed by atoms with Crippen LogP contribution in [0.2, 0.25) is 0 Å². The van der Waals surface area contributed by atoms with Gasteiger partial charge in [0.1, 0.15) is 5.82 Å². The molecule has 1 rings (SSSR count). The van der Waals surface area contributed by atoms with Crippen LogP contribution in [0.25, 0.3) is 0 Å². The highest BCUT2D eigenvalue weighted by molar-refractivity contribution is 7.91. The molecular formula is C8H10FO2PS. The van der Waals surface area contributed by atoms with Gasteiger partial charge in [-0.15, -0.1) is 0 Å². The van der Waals surface area contributed by atoms with Gasteiger partial charge in [0, 0.05) is 6.26 Å². The zero-order valence-corrected chi connectivity index (χ0v) is 9.15. The van der Waals surface area contributed by atoms with E-state index >= 15 is 0 Å². The average molecular weight is 220 g/mol. The van der Waals surface area contributed by atoms with Crippen LogP contribution in [0.3, 0.4) is 0 Å². The molecule has 0 aromatic heterocycles. The Morgan fingerprint density at radius 3 is 2.46 bits per heavy atom. The van der Waals surface area contributed by atoms with Crippen LogP contribution in [0.4, 0.5) is 4.39 Å². The fraction of sp³-hybridized carbons (Fsp3) is 0.250. The number of hydrogen-bond donors (Lipinski definition) is 0. The Morgan fingerprint density at radius 2 is 2.00 bits per heavy atom. The lowest BCUT2D eigenvalue weighted by Crippen LogP contribution is -2.10. The fourth-order valence-corrected chi connectivity index (χ4v) is 3.23. The Hall–Kier alpha value is -0.470. The Bertz CT molecular complexity index is 414. The van der Waals surface area contributed by atoms with Crippen molar-refractivity contribution in [2.75, 3.05) is 12.9 Å². The Morgan fingerprint density at radius 1 is 1.38 bits per heavy atom. The second-order valence-electron chi connectivity index (χ2n) is 2.66. The first kappa shape index (κ1) is 10.6. The largest absolute Gasteiger partial charge is 0.224 e. The third-order valence-corrected chi connectivity index (χ3v) is 3.91. The molecule has 13 heavy (non-hydrogen) atoms. The predicted octanol–water partition coefficient (Wildman–Crippen LogP) is 1.16. The minimum absolute atomic E-state index is 0.105. The van der Waals surface area contributed by atoms with Gasteiger partial charge >= 0.3 is 0 Å². The van der Waals surface area contributed by atoms with Crippen LogP contribution < -0.4 is 5.30 Å². The van der Waals surface area contributed by atoms with E-state index in [0.29, 0.717) is 13.9 Å². The van der Waals surface area contributed by atoms with Crippen molar-refractivity contribution in [2.24, 2.45) is 0 Å². The minimum Gasteiger partial charge on any atom is -0.224 e. The van der Waals surface area contributed by atoms with Gasteiger partial charge < -0.3 is 0 Å². The first-order chi connectivity index (χ1) is 5.95. The second-order valence-corrected chi connectivity index (χ2v) is 5.69. The molecule has 1 atom stereocenters. The number of hydrogen-bond acceptors (Lipinski definition) is 2. The Balaban J connectivity index is 3.41. The molecule has 2 nitrogen and oxygen atoms in total. The molecule has 0 saturated heterocycles. The van der Waals surface area contributed by atoms with Gasteiger partial charge in [-0.1, -0.05) is 14.6 Å². The molecule has 0 aliphatic carbocycles. The predicted molar refractivity (Wildman–Crippen MR) is 53.4 cm³/mol. The summed E-state index contributed by atoms with van der Waals surface area (Å²) in [7, 11) is -2.95. The van der Waals surface area contributed by atoms with E-state index in [1.165, 1.54) is 12.1 Å². The number of sulfone groups is 1. The maximum Gasteiger partial charge on any atom is 0.176 e. The molecule has 0 aliphatic rings. The maximum atomic E-state index is 12.8. The molecule has 0 N–H and O–H groups in total. The SMILES string of the molecule is CPc1ccc(F)cc1S(C)(=O)=O. The van der Waals surface area contributed by atoms with Crippen LogP contribution in [0, 0.1) is 5.82 Å². The van der Waals surface area contributed by atoms with Crippen molar-refractivity contribution in [3.63, 3.8) is 0 Å². The van der Waals surface area contributed by atoms with Crippen LogP contribution in [0.15, 0.2) is 23.1 Å². The molecule has 0 fully saturated rings. The summed E-state index contributed by atoms with van der Waals surface area (Å²) in [5.41, 5.74) is 0. The zero-order valence-electron chi connectivity index (χ0n) is 7.33. The summed E-state index contributed by atoms with van der Waals surface area (Å²) >= 11 is 0. The number of rotatable bonds is 2. The van der Waals surface area contributed by atoms with Crippen molar-refractivity contribution in [3.05, 3.63) is 24.0 Å². The van der Waals surface area contributed by atoms with E-state index in [9.17, 15) is 12.8 Å². The van der Waals surface area contributed by atoms with Crippen LogP contribution >= 0.6 is 8.58 Å². The van der Waals surface area contributed by atoms with Crippen LogP contribution in [-0.4, -0.2) is 21.3 Å². The molecule has 1 aromatic rings. The van der Waals surface area contributed by atoms with E-state index in [1.807, 2.05) is 6.66 Å². The third kappa shape index (κ3) is 2.48. The van der Waals surface area contributed by atoms with Gasteiger partial charge in [0.2, 0.25) is 0 Å². The molecule has 1 unspecified atom stereocenters. The summed E-state index contributed by atoms with van der Waals surface area (Å²) in [6, 6.07) is 3.87. The third-order valence-electron chi connectivity index (χ3n) is 1.61. The Labute approximate surface area is 78.9 Å². The van der Waals surface area contributed by atoms with Crippen molar-refractivity contribution in [3.8, 4) is 0 Å². The fourth-order valence-electron chi connectivity index (χ4n) is 1.01. The molecule has 0 bridgehead atoms. The van der Waals surface area contributed by atoms with Gasteiger partial charge in [0.05, 0.1) is 4.90 Å². The van der Waals surface area contributed by atoms with Crippen LogP contribution in [0.1, 0.15) is 0 Å². The topological polar surface area (TPSA) is 34.1 Å². The van der Waals surface area contributed by atoms with Crippen molar-refractivity contribution < 1.29 is 12.8 Å². The van der Waals surface area contributed by atoms with E-state index in [4.69, 9.17) is 0 Å². The van der Waals surface area contributed by atoms with Gasteiger partial charge in [-0.25, -0.2) is 12.8 Å². The second kappa shape index (κ2) is 3.72. The minimum atomic E-state index is -3.30. The highest BCUT2D eigenvalue weighted by Crippen LogP contribution is 2.15. The molecule has 0 heterocycles. The van der Waals surface area contributed by atoms with Crippen molar-refractivity contribution in [1.29, 1.82) is 0 Å². The highest BCUT2D eigenvalue weighted by Gasteiger charge is 2.12. The first-order valence-electron chi connectivity index (χ1n) is 3.62. The molecule has 0 saturated carbocycles. The van der Waals surface area contributed by atoms with Gasteiger partial charge in [-0.05, 0) is 24.1 Å². The van der Waals surface area contributed by atoms with Gasteiger partial charge in [-0.2, -0.15) is 0 Å². The van der Waals surface area contributed by atoms with E-state index in [2.05, 4.69) is 0 Å². The number of benzene rings is 1. The summed E-state index contributed by atoms with van der Waals surface area (Å²) in [5, 5.41) is 0.684. The summed E-state index contributed by atoms with van der Waals surface area (Å²) in [6.45, 7) is 1.86. The van der Waals surface area contributed by atoms with E-state index < -0.39 is 15.7 Å². The molecule has 0 amide bonds. The molecule has 0 spiro atoms. The van der Waals surface area contributed by atoms with Crippen LogP contribution in [0.5, 0.6) is 0 Å². The Kier molecular flexibility index (Phi) is 3.04. The van der Waals surface area contributed by atoms with Crippen molar-refractivity contribution in [1.82, 2.24) is 0 Å². The molecule has 0 aliphatic heterocycles. The van der Waals surface area contributed by atoms with E-state index in [-0.39, 0.29) is 4.90 Å². The monoisotopic (exact) mass is 220 g/mol. The summed E-state index contributed by atoms with van der Waals surface area (Å²) in [4.78, 5) is 0.105. The zero-order chi connectivity index (χ0) is 10.1. The molecule has 0 radical (unpaired) electrons. The molecule has 72 valence electrons. The standard InChI is InChI=1S/C8H10FO2PS/c1-12-7-4-3-6(9)5-8(7)13(2,10)11/h3-5,12H,1-2H3. The summed E-state index contributed by atoms with van der Waals surface area (Å²) in [5.74, 6) is -0.512. The van der Waals surface area contributed by atoms with E-state index in [1.54, 1.807) is 0 Å². The highest BCUT2D eigenvalue weighted by atomic mass is 32.2. The average Bonchev–Trinajstić information content (AvgIpc) is 2.03. The van der Waals surface area contributed by atoms with E-state index in [0.717, 1.165) is 12.3 Å². The molecular weight excluding hydrogens is 210 g/mol. The van der Waals surface area contributed by atoms with Crippen LogP contribution in [-0.2, 0) is 9.84 Å². The lowest BCUT2D eigenvalue weighted by Gasteiger charge is -2.04. The quantitative estimate of drug-likeness (QED) is 0.701. The van der Waals surface area contributed by atoms with Gasteiger partial charge in [0.15, 0.2) is 9.84 Å². The normalized spacial score (nSPS) is 12.5. The maximum absolute atomic E-state index is 12.8. The smallest absolute Gasteiger partial charge is 0.176 e. The van der Waals surface area contributed by atoms with Crippen molar-refractivity contribution in [2.45, 2.75) is 4.90 Å². The van der Waals surface area contributed by atoms with Gasteiger partial charge in [0.25, 0.3) is 0 Å². The summed E-state index contributed by atoms with van der Waals surface area (Å²) in [6.07, 6.45) is 1.09. The first-order valence-corrected chi connectivity index (χ1v) is 7.01. The van der Waals surface area contributed by atoms with Gasteiger partial charge in [-0.3, -0.25) is 0 Å². The molecule has 5 heteroatoms. The lowest BCUT2D eigenvalue weighted by atomic mass is 10.3.